The molecule has 3 rings (SSSR count). The van der Waals surface area contributed by atoms with E-state index in [1.165, 1.54) is 6.08 Å². The Hall–Kier alpha value is -2.74. The molecule has 35 heavy (non-hydrogen) atoms. The van der Waals surface area contributed by atoms with Gasteiger partial charge in [0.25, 0.3) is 11.1 Å². The van der Waals surface area contributed by atoms with E-state index in [-0.39, 0.29) is 4.91 Å². The van der Waals surface area contributed by atoms with Crippen molar-refractivity contribution < 1.29 is 37.0 Å². The van der Waals surface area contributed by atoms with Crippen LogP contribution < -0.4 is 14.8 Å². The molecule has 0 saturated carbocycles. The lowest BCUT2D eigenvalue weighted by Gasteiger charge is -2.14. The van der Waals surface area contributed by atoms with Gasteiger partial charge in [0.05, 0.1) is 27.4 Å². The Bertz CT molecular complexity index is 1210. The van der Waals surface area contributed by atoms with Gasteiger partial charge in [-0.05, 0) is 83.6 Å². The van der Waals surface area contributed by atoms with Crippen molar-refractivity contribution in [1.29, 1.82) is 0 Å². The first-order valence-electron chi connectivity index (χ1n) is 10.4. The summed E-state index contributed by atoms with van der Waals surface area (Å²) in [6.45, 7) is 3.97. The maximum absolute atomic E-state index is 13.8. The Morgan fingerprint density at radius 2 is 1.89 bits per heavy atom. The molecule has 1 heterocycles. The molecule has 0 spiro atoms. The summed E-state index contributed by atoms with van der Waals surface area (Å²) in [4.78, 5) is 38.1. The zero-order valence-electron chi connectivity index (χ0n) is 18.6. The van der Waals surface area contributed by atoms with Crippen LogP contribution in [0.3, 0.4) is 0 Å². The molecular formula is C23H20F3IN2O5S. The number of hydrogen-bond acceptors (Lipinski definition) is 6. The molecule has 0 radical (unpaired) electrons. The summed E-state index contributed by atoms with van der Waals surface area (Å²) in [5.41, 5.74) is -0.0275. The number of nitrogens with one attached hydrogen (secondary N) is 1. The number of benzene rings is 2. The number of rotatable bonds is 9. The van der Waals surface area contributed by atoms with Crippen molar-refractivity contribution in [2.24, 2.45) is 0 Å². The first kappa shape index (κ1) is 26.9. The number of amides is 3. The smallest absolute Gasteiger partial charge is 0.294 e. The van der Waals surface area contributed by atoms with Crippen LogP contribution in [-0.4, -0.2) is 41.7 Å². The third-order valence-electron chi connectivity index (χ3n) is 4.56. The molecule has 1 saturated heterocycles. The van der Waals surface area contributed by atoms with E-state index < -0.39 is 46.7 Å². The van der Waals surface area contributed by atoms with Crippen LogP contribution in [0.2, 0.25) is 0 Å². The molecule has 0 unspecified atom stereocenters. The number of nitrogens with zero attached hydrogens (tertiary/aromatic N) is 1. The minimum atomic E-state index is -1.75. The molecule has 1 aliphatic rings. The maximum Gasteiger partial charge on any atom is 0.294 e. The van der Waals surface area contributed by atoms with E-state index in [0.717, 1.165) is 16.1 Å². The lowest BCUT2D eigenvalue weighted by Crippen LogP contribution is -2.36. The van der Waals surface area contributed by atoms with Crippen LogP contribution >= 0.6 is 34.4 Å². The van der Waals surface area contributed by atoms with Gasteiger partial charge in [0.2, 0.25) is 5.91 Å². The Balaban J connectivity index is 1.77. The number of ether oxygens (including phenoxy) is 2. The Kier molecular flexibility index (Phi) is 9.05. The lowest BCUT2D eigenvalue weighted by atomic mass is 10.2. The molecule has 3 amide bonds. The third-order valence-corrected chi connectivity index (χ3v) is 6.27. The molecule has 1 N–H and O–H groups in total. The quantitative estimate of drug-likeness (QED) is 0.224. The highest BCUT2D eigenvalue weighted by Gasteiger charge is 2.36. The fraction of sp³-hybridized carbons (Fsp3) is 0.261. The van der Waals surface area contributed by atoms with Gasteiger partial charge in [0.15, 0.2) is 29.0 Å². The molecule has 7 nitrogen and oxygen atoms in total. The normalized spacial score (nSPS) is 14.6. The third kappa shape index (κ3) is 6.28. The Morgan fingerprint density at radius 1 is 1.14 bits per heavy atom. The molecule has 12 heteroatoms. The van der Waals surface area contributed by atoms with Gasteiger partial charge in [0.1, 0.15) is 6.54 Å². The van der Waals surface area contributed by atoms with Gasteiger partial charge in [-0.2, -0.15) is 0 Å². The highest BCUT2D eigenvalue weighted by Crippen LogP contribution is 2.37. The van der Waals surface area contributed by atoms with Crippen LogP contribution in [0.15, 0.2) is 29.2 Å². The minimum absolute atomic E-state index is 0.0716. The monoisotopic (exact) mass is 620 g/mol. The zero-order chi connectivity index (χ0) is 25.7. The summed E-state index contributed by atoms with van der Waals surface area (Å²) in [5.74, 6) is -5.34. The Labute approximate surface area is 217 Å². The summed E-state index contributed by atoms with van der Waals surface area (Å²) in [5, 5.41) is 1.33. The van der Waals surface area contributed by atoms with Crippen molar-refractivity contribution in [3.8, 4) is 11.5 Å². The van der Waals surface area contributed by atoms with Crippen LogP contribution in [0.1, 0.15) is 25.8 Å². The van der Waals surface area contributed by atoms with E-state index in [0.29, 0.717) is 53.0 Å². The summed E-state index contributed by atoms with van der Waals surface area (Å²) in [6.07, 6.45) is 2.30. The fourth-order valence-electron chi connectivity index (χ4n) is 3.02. The average Bonchev–Trinajstić information content (AvgIpc) is 3.06. The summed E-state index contributed by atoms with van der Waals surface area (Å²) >= 11 is 2.72. The first-order valence-corrected chi connectivity index (χ1v) is 12.3. The van der Waals surface area contributed by atoms with E-state index in [4.69, 9.17) is 9.47 Å². The zero-order valence-corrected chi connectivity index (χ0v) is 21.6. The molecule has 0 aliphatic carbocycles. The number of carbonyl (C=O) groups excluding carboxylic acids is 3. The molecule has 1 fully saturated rings. The summed E-state index contributed by atoms with van der Waals surface area (Å²) < 4.78 is 52.4. The largest absolute Gasteiger partial charge is 0.490 e. The van der Waals surface area contributed by atoms with E-state index in [1.54, 1.807) is 12.1 Å². The topological polar surface area (TPSA) is 84.9 Å². The molecule has 0 bridgehead atoms. The molecule has 0 atom stereocenters. The van der Waals surface area contributed by atoms with Crippen molar-refractivity contribution in [2.45, 2.75) is 20.3 Å². The van der Waals surface area contributed by atoms with Crippen molar-refractivity contribution in [3.05, 3.63) is 55.8 Å². The van der Waals surface area contributed by atoms with Gasteiger partial charge in [-0.1, -0.05) is 6.92 Å². The standard InChI is InChI=1S/C23H20F3IN2O5S/c1-3-7-34-21-14(27)8-12(9-16(21)33-4-2)10-17-22(31)29(23(32)35-17)11-18(30)28-15-6-5-13(24)19(25)20(15)26/h5-6,8-10H,3-4,7,11H2,1-2H3,(H,28,30)/b17-10-. The molecule has 2 aromatic rings. The van der Waals surface area contributed by atoms with Crippen LogP contribution in [0.25, 0.3) is 6.08 Å². The fourth-order valence-corrected chi connectivity index (χ4v) is 4.64. The van der Waals surface area contributed by atoms with E-state index in [1.807, 2.05) is 19.2 Å². The number of halogens is 4. The molecule has 1 aliphatic heterocycles. The SMILES string of the molecule is CCCOc1c(I)cc(/C=C2\SC(=O)N(CC(=O)Nc3ccc(F)c(F)c3F)C2=O)cc1OCC. The van der Waals surface area contributed by atoms with Gasteiger partial charge in [-0.25, -0.2) is 13.2 Å². The van der Waals surface area contributed by atoms with Crippen LogP contribution in [0.4, 0.5) is 23.7 Å². The molecule has 2 aromatic carbocycles. The summed E-state index contributed by atoms with van der Waals surface area (Å²) in [6, 6.07) is 4.93. The second-order valence-electron chi connectivity index (χ2n) is 7.15. The first-order chi connectivity index (χ1) is 16.7. The highest BCUT2D eigenvalue weighted by atomic mass is 127. The number of hydrogen-bond donors (Lipinski definition) is 1. The molecule has 0 aromatic heterocycles. The number of imide groups is 1. The van der Waals surface area contributed by atoms with Crippen LogP contribution in [-0.2, 0) is 9.59 Å². The van der Waals surface area contributed by atoms with Crippen LogP contribution in [0, 0.1) is 21.0 Å². The van der Waals surface area contributed by atoms with Crippen molar-refractivity contribution in [3.63, 3.8) is 0 Å². The highest BCUT2D eigenvalue weighted by molar-refractivity contribution is 14.1. The predicted octanol–water partition coefficient (Wildman–Crippen LogP) is 5.57. The second kappa shape index (κ2) is 11.8. The second-order valence-corrected chi connectivity index (χ2v) is 9.31. The van der Waals surface area contributed by atoms with Gasteiger partial charge in [-0.3, -0.25) is 19.3 Å². The van der Waals surface area contributed by atoms with E-state index in [2.05, 4.69) is 22.6 Å². The van der Waals surface area contributed by atoms with Crippen molar-refractivity contribution in [1.82, 2.24) is 4.90 Å². The number of thioether (sulfide) groups is 1. The minimum Gasteiger partial charge on any atom is -0.490 e. The average molecular weight is 620 g/mol. The summed E-state index contributed by atoms with van der Waals surface area (Å²) in [7, 11) is 0. The van der Waals surface area contributed by atoms with Gasteiger partial charge in [-0.15, -0.1) is 0 Å². The molecular weight excluding hydrogens is 600 g/mol. The van der Waals surface area contributed by atoms with Crippen molar-refractivity contribution >= 4 is 63.2 Å². The Morgan fingerprint density at radius 3 is 2.57 bits per heavy atom. The lowest BCUT2D eigenvalue weighted by molar-refractivity contribution is -0.127. The van der Waals surface area contributed by atoms with Crippen molar-refractivity contribution in [2.75, 3.05) is 25.1 Å². The van der Waals surface area contributed by atoms with Gasteiger partial charge in [0, 0.05) is 0 Å². The van der Waals surface area contributed by atoms with Gasteiger partial charge < -0.3 is 14.8 Å². The molecule has 186 valence electrons. The number of anilines is 1. The predicted molar refractivity (Wildman–Crippen MR) is 134 cm³/mol. The van der Waals surface area contributed by atoms with Crippen LogP contribution in [0.5, 0.6) is 11.5 Å². The number of carbonyl (C=O) groups is 3. The van der Waals surface area contributed by atoms with E-state index >= 15 is 0 Å². The van der Waals surface area contributed by atoms with E-state index in [9.17, 15) is 27.6 Å². The van der Waals surface area contributed by atoms with Gasteiger partial charge >= 0.3 is 0 Å². The maximum atomic E-state index is 13.8.